The molecule has 0 aliphatic carbocycles. The Morgan fingerprint density at radius 2 is 1.83 bits per heavy atom. The monoisotopic (exact) mass is 183 g/mol. The molecule has 0 N–H and O–H groups in total. The summed E-state index contributed by atoms with van der Waals surface area (Å²) in [4.78, 5) is -0.0203. The Bertz CT molecular complexity index is 396. The summed E-state index contributed by atoms with van der Waals surface area (Å²) >= 11 is 0. The number of nitrogens with zero attached hydrogens (tertiary/aromatic N) is 1. The van der Waals surface area contributed by atoms with Crippen molar-refractivity contribution in [3.63, 3.8) is 0 Å². The predicted octanol–water partition coefficient (Wildman–Crippen LogP) is 1.06. The van der Waals surface area contributed by atoms with E-state index in [-0.39, 0.29) is 4.90 Å². The summed E-state index contributed by atoms with van der Waals surface area (Å²) in [6.07, 6.45) is 0. The third-order valence-corrected chi connectivity index (χ3v) is 2.62. The van der Waals surface area contributed by atoms with E-state index in [1.165, 1.54) is 6.07 Å². The third kappa shape index (κ3) is 1.84. The van der Waals surface area contributed by atoms with Gasteiger partial charge in [-0.25, -0.2) is 8.42 Å². The number of hydrogen-bond donors (Lipinski definition) is 0. The molecule has 64 valence electrons. The van der Waals surface area contributed by atoms with Gasteiger partial charge in [-0.15, -0.1) is 0 Å². The van der Waals surface area contributed by atoms with Crippen molar-refractivity contribution in [2.45, 2.75) is 18.7 Å². The fourth-order valence-corrected chi connectivity index (χ4v) is 1.79. The van der Waals surface area contributed by atoms with E-state index in [1.807, 2.05) is 6.92 Å². The van der Waals surface area contributed by atoms with Crippen molar-refractivity contribution in [2.24, 2.45) is 0 Å². The molecule has 0 bridgehead atoms. The first kappa shape index (κ1) is 9.22. The van der Waals surface area contributed by atoms with Gasteiger partial charge in [0.05, 0.1) is 4.90 Å². The van der Waals surface area contributed by atoms with Gasteiger partial charge in [0.1, 0.15) is 0 Å². The van der Waals surface area contributed by atoms with Crippen molar-refractivity contribution in [1.29, 1.82) is 0 Å². The molecule has 0 atom stereocenters. The van der Waals surface area contributed by atoms with Gasteiger partial charge in [-0.1, -0.05) is 17.7 Å². The summed E-state index contributed by atoms with van der Waals surface area (Å²) in [5, 5.41) is 8.73. The van der Waals surface area contributed by atoms with Crippen LogP contribution in [-0.4, -0.2) is 8.42 Å². The van der Waals surface area contributed by atoms with Crippen molar-refractivity contribution >= 4 is 10.0 Å². The maximum absolute atomic E-state index is 10.7. The third-order valence-electron chi connectivity index (χ3n) is 1.61. The minimum absolute atomic E-state index is 0.0203. The molecule has 0 aliphatic rings. The molecule has 0 spiro atoms. The fraction of sp³-hybridized carbons (Fsp3) is 0.250. The molecule has 12 heavy (non-hydrogen) atoms. The van der Waals surface area contributed by atoms with Crippen LogP contribution in [0.3, 0.4) is 0 Å². The van der Waals surface area contributed by atoms with Crippen LogP contribution in [0.2, 0.25) is 0 Å². The maximum atomic E-state index is 10.7. The summed E-state index contributed by atoms with van der Waals surface area (Å²) in [6, 6.07) is 4.76. The van der Waals surface area contributed by atoms with E-state index in [4.69, 9.17) is 5.14 Å². The van der Waals surface area contributed by atoms with Gasteiger partial charge in [0, 0.05) is 5.14 Å². The second kappa shape index (κ2) is 2.88. The zero-order valence-electron chi connectivity index (χ0n) is 6.90. The molecule has 0 unspecified atom stereocenters. The summed E-state index contributed by atoms with van der Waals surface area (Å²) < 4.78 is 21.4. The van der Waals surface area contributed by atoms with Crippen LogP contribution in [0.1, 0.15) is 11.1 Å². The second-order valence-electron chi connectivity index (χ2n) is 2.74. The van der Waals surface area contributed by atoms with Crippen LogP contribution in [0.5, 0.6) is 0 Å². The standard InChI is InChI=1S/C8H9NO2S/c1-6-3-4-8(7(2)5-6)12(9,10)11/h3-5H,1-2H3. The Hall–Kier alpha value is -0.870. The van der Waals surface area contributed by atoms with Crippen LogP contribution >= 0.6 is 0 Å². The largest absolute Gasteiger partial charge is 0.274 e. The Balaban J connectivity index is 3.39. The molecule has 0 saturated carbocycles. The zero-order chi connectivity index (χ0) is 9.35. The molecule has 0 saturated heterocycles. The van der Waals surface area contributed by atoms with Gasteiger partial charge in [-0.2, -0.15) is 0 Å². The molecular weight excluding hydrogens is 174 g/mol. The Morgan fingerprint density at radius 1 is 1.25 bits per heavy atom. The van der Waals surface area contributed by atoms with E-state index in [9.17, 15) is 8.42 Å². The molecule has 1 aromatic carbocycles. The number of sulfonamides is 1. The SMILES string of the molecule is Cc1ccc(S([N])(=O)=O)c(C)c1. The predicted molar refractivity (Wildman–Crippen MR) is 45.2 cm³/mol. The lowest BCUT2D eigenvalue weighted by Crippen LogP contribution is -2.02. The zero-order valence-corrected chi connectivity index (χ0v) is 7.72. The van der Waals surface area contributed by atoms with E-state index in [0.717, 1.165) is 5.56 Å². The number of hydrogen-bond acceptors (Lipinski definition) is 2. The molecular formula is C8H9NO2S. The first-order valence-corrected chi connectivity index (χ1v) is 4.90. The van der Waals surface area contributed by atoms with E-state index in [2.05, 4.69) is 0 Å². The molecule has 1 aromatic rings. The first-order chi connectivity index (χ1) is 5.41. The first-order valence-electron chi connectivity index (χ1n) is 3.46. The van der Waals surface area contributed by atoms with Gasteiger partial charge in [-0.05, 0) is 25.5 Å². The summed E-state index contributed by atoms with van der Waals surface area (Å²) in [5.41, 5.74) is 1.54. The quantitative estimate of drug-likeness (QED) is 0.653. The van der Waals surface area contributed by atoms with Crippen LogP contribution in [0.25, 0.3) is 0 Å². The van der Waals surface area contributed by atoms with Gasteiger partial charge >= 0.3 is 0 Å². The summed E-state index contributed by atoms with van der Waals surface area (Å²) in [6.45, 7) is 3.51. The van der Waals surface area contributed by atoms with Crippen LogP contribution in [0.4, 0.5) is 0 Å². The van der Waals surface area contributed by atoms with E-state index >= 15 is 0 Å². The highest BCUT2D eigenvalue weighted by molar-refractivity contribution is 7.88. The lowest BCUT2D eigenvalue weighted by Gasteiger charge is -2.01. The average molecular weight is 183 g/mol. The highest BCUT2D eigenvalue weighted by Gasteiger charge is 2.12. The van der Waals surface area contributed by atoms with Gasteiger partial charge in [0.2, 0.25) is 0 Å². The van der Waals surface area contributed by atoms with Crippen molar-refractivity contribution in [3.05, 3.63) is 29.3 Å². The number of aryl methyl sites for hydroxylation is 2. The minimum atomic E-state index is -4.05. The molecule has 4 heteroatoms. The highest BCUT2D eigenvalue weighted by Crippen LogP contribution is 2.14. The molecule has 0 amide bonds. The van der Waals surface area contributed by atoms with E-state index in [0.29, 0.717) is 5.56 Å². The lowest BCUT2D eigenvalue weighted by molar-refractivity contribution is 0.595. The molecule has 0 aromatic heterocycles. The Kier molecular flexibility index (Phi) is 2.21. The lowest BCUT2D eigenvalue weighted by atomic mass is 10.2. The van der Waals surface area contributed by atoms with E-state index in [1.54, 1.807) is 19.1 Å². The van der Waals surface area contributed by atoms with E-state index < -0.39 is 10.0 Å². The van der Waals surface area contributed by atoms with Crippen molar-refractivity contribution < 1.29 is 8.42 Å². The molecule has 1 rings (SSSR count). The van der Waals surface area contributed by atoms with Crippen molar-refractivity contribution in [1.82, 2.24) is 5.14 Å². The van der Waals surface area contributed by atoms with Gasteiger partial charge in [0.15, 0.2) is 0 Å². The number of rotatable bonds is 1. The average Bonchev–Trinajstić information content (AvgIpc) is 1.83. The van der Waals surface area contributed by atoms with Crippen LogP contribution in [0.15, 0.2) is 23.1 Å². The molecule has 2 radical (unpaired) electrons. The smallest absolute Gasteiger partial charge is 0.204 e. The fourth-order valence-electron chi connectivity index (χ4n) is 1.09. The molecule has 0 heterocycles. The Morgan fingerprint density at radius 3 is 2.25 bits per heavy atom. The Labute approximate surface area is 72.3 Å². The van der Waals surface area contributed by atoms with Crippen LogP contribution < -0.4 is 5.14 Å². The summed E-state index contributed by atoms with van der Waals surface area (Å²) in [5.74, 6) is 0. The van der Waals surface area contributed by atoms with Gasteiger partial charge in [0.25, 0.3) is 10.0 Å². The number of benzene rings is 1. The van der Waals surface area contributed by atoms with Crippen molar-refractivity contribution in [2.75, 3.05) is 0 Å². The normalized spacial score (nSPS) is 11.6. The van der Waals surface area contributed by atoms with Gasteiger partial charge in [-0.3, -0.25) is 0 Å². The minimum Gasteiger partial charge on any atom is -0.204 e. The topological polar surface area (TPSA) is 56.4 Å². The molecule has 0 fully saturated rings. The molecule has 3 nitrogen and oxygen atoms in total. The van der Waals surface area contributed by atoms with Crippen LogP contribution in [0, 0.1) is 13.8 Å². The van der Waals surface area contributed by atoms with Gasteiger partial charge < -0.3 is 0 Å². The molecule has 0 aliphatic heterocycles. The highest BCUT2D eigenvalue weighted by atomic mass is 32.2. The maximum Gasteiger partial charge on any atom is 0.274 e. The summed E-state index contributed by atoms with van der Waals surface area (Å²) in [7, 11) is -4.05. The van der Waals surface area contributed by atoms with Crippen molar-refractivity contribution in [3.8, 4) is 0 Å². The van der Waals surface area contributed by atoms with Crippen LogP contribution in [-0.2, 0) is 10.0 Å². The second-order valence-corrected chi connectivity index (χ2v) is 4.13.